The minimum Gasteiger partial charge on any atom is -0.389 e. The standard InChI is InChI=1S/C14H25N3O/c1-13(2)5-7-14(18,8-6-13)11-15-10-12-4-9-16-17(12)3/h4,9,15,18H,5-8,10-11H2,1-3H3. The fourth-order valence-corrected chi connectivity index (χ4v) is 2.57. The molecule has 0 atom stereocenters. The fraction of sp³-hybridized carbons (Fsp3) is 0.786. The first kappa shape index (κ1) is 13.6. The van der Waals surface area contributed by atoms with Gasteiger partial charge in [-0.15, -0.1) is 0 Å². The van der Waals surface area contributed by atoms with Gasteiger partial charge in [0.15, 0.2) is 0 Å². The third kappa shape index (κ3) is 3.33. The molecule has 1 aromatic heterocycles. The zero-order chi connectivity index (χ0) is 13.2. The molecular weight excluding hydrogens is 226 g/mol. The second kappa shape index (κ2) is 5.02. The number of aryl methyl sites for hydroxylation is 1. The van der Waals surface area contributed by atoms with Crippen LogP contribution in [0.4, 0.5) is 0 Å². The predicted octanol–water partition coefficient (Wildman–Crippen LogP) is 1.84. The van der Waals surface area contributed by atoms with E-state index in [1.807, 2.05) is 17.8 Å². The van der Waals surface area contributed by atoms with E-state index in [9.17, 15) is 5.11 Å². The number of nitrogens with one attached hydrogen (secondary N) is 1. The Hall–Kier alpha value is -0.870. The van der Waals surface area contributed by atoms with E-state index >= 15 is 0 Å². The van der Waals surface area contributed by atoms with Crippen LogP contribution in [0.25, 0.3) is 0 Å². The Labute approximate surface area is 109 Å². The van der Waals surface area contributed by atoms with Crippen molar-refractivity contribution in [2.45, 2.75) is 51.7 Å². The lowest BCUT2D eigenvalue weighted by atomic mass is 9.71. The summed E-state index contributed by atoms with van der Waals surface area (Å²) in [5.74, 6) is 0. The molecule has 1 aliphatic carbocycles. The summed E-state index contributed by atoms with van der Waals surface area (Å²) in [6.07, 6.45) is 5.82. The van der Waals surface area contributed by atoms with Crippen molar-refractivity contribution in [3.05, 3.63) is 18.0 Å². The third-order valence-corrected chi connectivity index (χ3v) is 4.22. The van der Waals surface area contributed by atoms with E-state index in [2.05, 4.69) is 24.3 Å². The van der Waals surface area contributed by atoms with Gasteiger partial charge in [0.25, 0.3) is 0 Å². The molecule has 0 radical (unpaired) electrons. The van der Waals surface area contributed by atoms with Crippen LogP contribution in [-0.2, 0) is 13.6 Å². The Morgan fingerprint density at radius 2 is 2.00 bits per heavy atom. The van der Waals surface area contributed by atoms with Gasteiger partial charge < -0.3 is 10.4 Å². The lowest BCUT2D eigenvalue weighted by Gasteiger charge is -2.40. The Bertz CT molecular complexity index is 387. The van der Waals surface area contributed by atoms with Gasteiger partial charge in [-0.25, -0.2) is 0 Å². The summed E-state index contributed by atoms with van der Waals surface area (Å²) in [6, 6.07) is 2.00. The van der Waals surface area contributed by atoms with Gasteiger partial charge in [0.1, 0.15) is 0 Å². The Balaban J connectivity index is 1.78. The van der Waals surface area contributed by atoms with Crippen LogP contribution in [0.3, 0.4) is 0 Å². The second-order valence-corrected chi connectivity index (χ2v) is 6.44. The molecule has 2 rings (SSSR count). The molecule has 1 heterocycles. The Morgan fingerprint density at radius 1 is 1.33 bits per heavy atom. The number of aromatic nitrogens is 2. The summed E-state index contributed by atoms with van der Waals surface area (Å²) in [4.78, 5) is 0. The highest BCUT2D eigenvalue weighted by atomic mass is 16.3. The summed E-state index contributed by atoms with van der Waals surface area (Å²) >= 11 is 0. The van der Waals surface area contributed by atoms with Crippen LogP contribution in [0, 0.1) is 5.41 Å². The molecule has 0 aliphatic heterocycles. The minimum atomic E-state index is -0.520. The maximum absolute atomic E-state index is 10.5. The monoisotopic (exact) mass is 251 g/mol. The number of nitrogens with zero attached hydrogens (tertiary/aromatic N) is 2. The van der Waals surface area contributed by atoms with Crippen LogP contribution in [-0.4, -0.2) is 27.0 Å². The van der Waals surface area contributed by atoms with Crippen molar-refractivity contribution in [1.29, 1.82) is 0 Å². The summed E-state index contributed by atoms with van der Waals surface area (Å²) in [5, 5.41) is 18.0. The first-order valence-electron chi connectivity index (χ1n) is 6.80. The Kier molecular flexibility index (Phi) is 3.78. The van der Waals surface area contributed by atoms with Crippen molar-refractivity contribution in [2.75, 3.05) is 6.54 Å². The van der Waals surface area contributed by atoms with E-state index in [0.717, 1.165) is 37.9 Å². The lowest BCUT2D eigenvalue weighted by Crippen LogP contribution is -2.45. The molecule has 102 valence electrons. The molecule has 0 amide bonds. The Morgan fingerprint density at radius 3 is 2.56 bits per heavy atom. The first-order valence-corrected chi connectivity index (χ1v) is 6.80. The molecule has 1 aliphatic rings. The topological polar surface area (TPSA) is 50.1 Å². The molecule has 0 saturated heterocycles. The van der Waals surface area contributed by atoms with Crippen molar-refractivity contribution < 1.29 is 5.11 Å². The highest BCUT2D eigenvalue weighted by molar-refractivity contribution is 5.00. The van der Waals surface area contributed by atoms with Gasteiger partial charge in [0.05, 0.1) is 11.3 Å². The molecule has 18 heavy (non-hydrogen) atoms. The number of hydrogen-bond donors (Lipinski definition) is 2. The SMILES string of the molecule is Cn1nccc1CNCC1(O)CCC(C)(C)CC1. The van der Waals surface area contributed by atoms with Gasteiger partial charge in [-0.3, -0.25) is 4.68 Å². The zero-order valence-electron chi connectivity index (χ0n) is 11.7. The summed E-state index contributed by atoms with van der Waals surface area (Å²) < 4.78 is 1.86. The molecule has 2 N–H and O–H groups in total. The molecule has 0 spiro atoms. The second-order valence-electron chi connectivity index (χ2n) is 6.44. The molecular formula is C14H25N3O. The summed E-state index contributed by atoms with van der Waals surface area (Å²) in [5.41, 5.74) is 1.03. The largest absolute Gasteiger partial charge is 0.389 e. The van der Waals surface area contributed by atoms with Crippen LogP contribution < -0.4 is 5.32 Å². The highest BCUT2D eigenvalue weighted by Crippen LogP contribution is 2.39. The van der Waals surface area contributed by atoms with Crippen LogP contribution in [0.15, 0.2) is 12.3 Å². The predicted molar refractivity (Wildman–Crippen MR) is 72.1 cm³/mol. The fourth-order valence-electron chi connectivity index (χ4n) is 2.57. The molecule has 0 unspecified atom stereocenters. The van der Waals surface area contributed by atoms with Gasteiger partial charge in [0, 0.05) is 26.3 Å². The number of hydrogen-bond acceptors (Lipinski definition) is 3. The normalized spacial score (nSPS) is 22.0. The first-order chi connectivity index (χ1) is 8.40. The maximum atomic E-state index is 10.5. The van der Waals surface area contributed by atoms with Gasteiger partial charge in [-0.1, -0.05) is 13.8 Å². The van der Waals surface area contributed by atoms with Gasteiger partial charge in [0.2, 0.25) is 0 Å². The van der Waals surface area contributed by atoms with Crippen molar-refractivity contribution in [3.63, 3.8) is 0 Å². The van der Waals surface area contributed by atoms with E-state index in [4.69, 9.17) is 0 Å². The number of aliphatic hydroxyl groups is 1. The average molecular weight is 251 g/mol. The van der Waals surface area contributed by atoms with E-state index in [1.54, 1.807) is 6.20 Å². The molecule has 1 fully saturated rings. The van der Waals surface area contributed by atoms with Crippen molar-refractivity contribution in [3.8, 4) is 0 Å². The van der Waals surface area contributed by atoms with Crippen LogP contribution in [0.2, 0.25) is 0 Å². The van der Waals surface area contributed by atoms with Gasteiger partial charge >= 0.3 is 0 Å². The molecule has 0 bridgehead atoms. The zero-order valence-corrected chi connectivity index (χ0v) is 11.7. The van der Waals surface area contributed by atoms with Crippen molar-refractivity contribution in [2.24, 2.45) is 12.5 Å². The van der Waals surface area contributed by atoms with Crippen LogP contribution >= 0.6 is 0 Å². The molecule has 4 heteroatoms. The van der Waals surface area contributed by atoms with Crippen LogP contribution in [0.1, 0.15) is 45.2 Å². The lowest BCUT2D eigenvalue weighted by molar-refractivity contribution is -0.0245. The average Bonchev–Trinajstić information content (AvgIpc) is 2.70. The molecule has 1 saturated carbocycles. The molecule has 0 aromatic carbocycles. The maximum Gasteiger partial charge on any atom is 0.0772 e. The van der Waals surface area contributed by atoms with Gasteiger partial charge in [-0.2, -0.15) is 5.10 Å². The van der Waals surface area contributed by atoms with Crippen LogP contribution in [0.5, 0.6) is 0 Å². The van der Waals surface area contributed by atoms with E-state index in [-0.39, 0.29) is 0 Å². The van der Waals surface area contributed by atoms with E-state index < -0.39 is 5.60 Å². The minimum absolute atomic E-state index is 0.397. The molecule has 4 nitrogen and oxygen atoms in total. The summed E-state index contributed by atoms with van der Waals surface area (Å²) in [7, 11) is 1.94. The smallest absolute Gasteiger partial charge is 0.0772 e. The van der Waals surface area contributed by atoms with E-state index in [0.29, 0.717) is 12.0 Å². The number of rotatable bonds is 4. The van der Waals surface area contributed by atoms with Crippen molar-refractivity contribution in [1.82, 2.24) is 15.1 Å². The highest BCUT2D eigenvalue weighted by Gasteiger charge is 2.36. The van der Waals surface area contributed by atoms with Gasteiger partial charge in [-0.05, 0) is 37.2 Å². The third-order valence-electron chi connectivity index (χ3n) is 4.22. The summed E-state index contributed by atoms with van der Waals surface area (Å²) in [6.45, 7) is 6.02. The molecule has 1 aromatic rings. The van der Waals surface area contributed by atoms with E-state index in [1.165, 1.54) is 0 Å². The van der Waals surface area contributed by atoms with Crippen molar-refractivity contribution >= 4 is 0 Å². The quantitative estimate of drug-likeness (QED) is 0.858.